The van der Waals surface area contributed by atoms with Crippen LogP contribution < -0.4 is 4.74 Å². The first-order chi connectivity index (χ1) is 9.66. The van der Waals surface area contributed by atoms with E-state index in [1.54, 1.807) is 12.1 Å². The summed E-state index contributed by atoms with van der Waals surface area (Å²) in [5.41, 5.74) is 1.28. The highest BCUT2D eigenvalue weighted by Crippen LogP contribution is 2.22. The van der Waals surface area contributed by atoms with E-state index >= 15 is 0 Å². The van der Waals surface area contributed by atoms with Crippen LogP contribution in [0.3, 0.4) is 0 Å². The van der Waals surface area contributed by atoms with Crippen molar-refractivity contribution in [2.75, 3.05) is 20.7 Å². The second kappa shape index (κ2) is 7.06. The lowest BCUT2D eigenvalue weighted by Gasteiger charge is -2.24. The smallest absolute Gasteiger partial charge is 0.123 e. The van der Waals surface area contributed by atoms with E-state index in [0.717, 1.165) is 6.42 Å². The van der Waals surface area contributed by atoms with Crippen molar-refractivity contribution < 1.29 is 9.13 Å². The van der Waals surface area contributed by atoms with Gasteiger partial charge in [-0.1, -0.05) is 30.3 Å². The lowest BCUT2D eigenvalue weighted by Crippen LogP contribution is -2.22. The third kappa shape index (κ3) is 4.07. The molecule has 3 heteroatoms. The molecule has 0 amide bonds. The average molecular weight is 273 g/mol. The van der Waals surface area contributed by atoms with E-state index in [0.29, 0.717) is 18.4 Å². The van der Waals surface area contributed by atoms with E-state index in [1.165, 1.54) is 17.7 Å². The molecule has 0 N–H and O–H groups in total. The van der Waals surface area contributed by atoms with Gasteiger partial charge in [-0.25, -0.2) is 4.39 Å². The summed E-state index contributed by atoms with van der Waals surface area (Å²) in [4.78, 5) is 2.18. The molecule has 0 aromatic heterocycles. The molecule has 0 aliphatic carbocycles. The Balaban J connectivity index is 1.91. The molecule has 1 atom stereocenters. The Kier molecular flexibility index (Phi) is 5.13. The maximum absolute atomic E-state index is 12.8. The zero-order chi connectivity index (χ0) is 14.4. The first kappa shape index (κ1) is 14.5. The van der Waals surface area contributed by atoms with Crippen LogP contribution in [0.5, 0.6) is 5.75 Å². The monoisotopic (exact) mass is 273 g/mol. The van der Waals surface area contributed by atoms with Gasteiger partial charge in [0.25, 0.3) is 0 Å². The number of ether oxygens (including phenoxy) is 1. The molecule has 106 valence electrons. The normalized spacial score (nSPS) is 12.4. The fourth-order valence-electron chi connectivity index (χ4n) is 2.22. The second-order valence-electron chi connectivity index (χ2n) is 4.98. The molecule has 0 radical (unpaired) electrons. The minimum Gasteiger partial charge on any atom is -0.494 e. The van der Waals surface area contributed by atoms with Crippen molar-refractivity contribution in [2.45, 2.75) is 12.5 Å². The van der Waals surface area contributed by atoms with Crippen LogP contribution in [0.2, 0.25) is 0 Å². The average Bonchev–Trinajstić information content (AvgIpc) is 2.46. The summed E-state index contributed by atoms with van der Waals surface area (Å²) >= 11 is 0. The standard InChI is InChI=1S/C17H20FNO/c1-19(2)17(14-6-4-3-5-7-14)12-13-20-16-10-8-15(18)9-11-16/h3-11,17H,12-13H2,1-2H3. The zero-order valence-corrected chi connectivity index (χ0v) is 11.9. The summed E-state index contributed by atoms with van der Waals surface area (Å²) in [7, 11) is 4.13. The van der Waals surface area contributed by atoms with E-state index in [2.05, 4.69) is 31.1 Å². The molecule has 2 aromatic rings. The van der Waals surface area contributed by atoms with Crippen molar-refractivity contribution in [3.05, 3.63) is 66.0 Å². The van der Waals surface area contributed by atoms with Crippen molar-refractivity contribution >= 4 is 0 Å². The van der Waals surface area contributed by atoms with Gasteiger partial charge in [0.15, 0.2) is 0 Å². The van der Waals surface area contributed by atoms with Crippen LogP contribution >= 0.6 is 0 Å². The van der Waals surface area contributed by atoms with Crippen molar-refractivity contribution in [3.63, 3.8) is 0 Å². The van der Waals surface area contributed by atoms with Crippen molar-refractivity contribution in [1.29, 1.82) is 0 Å². The predicted octanol–water partition coefficient (Wildman–Crippen LogP) is 3.90. The molecule has 0 bridgehead atoms. The van der Waals surface area contributed by atoms with Crippen LogP contribution in [0.15, 0.2) is 54.6 Å². The van der Waals surface area contributed by atoms with Crippen molar-refractivity contribution in [1.82, 2.24) is 4.90 Å². The summed E-state index contributed by atoms with van der Waals surface area (Å²) in [6.45, 7) is 0.601. The third-order valence-corrected chi connectivity index (χ3v) is 3.28. The lowest BCUT2D eigenvalue weighted by molar-refractivity contribution is 0.223. The van der Waals surface area contributed by atoms with Gasteiger partial charge in [-0.2, -0.15) is 0 Å². The fraction of sp³-hybridized carbons (Fsp3) is 0.294. The topological polar surface area (TPSA) is 12.5 Å². The number of halogens is 1. The number of nitrogens with zero attached hydrogens (tertiary/aromatic N) is 1. The van der Waals surface area contributed by atoms with Crippen LogP contribution in [0.4, 0.5) is 4.39 Å². The fourth-order valence-corrected chi connectivity index (χ4v) is 2.22. The van der Waals surface area contributed by atoms with Crippen LogP contribution in [0.25, 0.3) is 0 Å². The van der Waals surface area contributed by atoms with E-state index in [1.807, 2.05) is 18.2 Å². The van der Waals surface area contributed by atoms with Gasteiger partial charge in [0.2, 0.25) is 0 Å². The van der Waals surface area contributed by atoms with Crippen LogP contribution in [0.1, 0.15) is 18.0 Å². The summed E-state index contributed by atoms with van der Waals surface area (Å²) in [5, 5.41) is 0. The minimum atomic E-state index is -0.243. The molecule has 2 aromatic carbocycles. The first-order valence-electron chi connectivity index (χ1n) is 6.76. The van der Waals surface area contributed by atoms with Gasteiger partial charge >= 0.3 is 0 Å². The predicted molar refractivity (Wildman–Crippen MR) is 79.4 cm³/mol. The van der Waals surface area contributed by atoms with Crippen molar-refractivity contribution in [2.24, 2.45) is 0 Å². The second-order valence-corrected chi connectivity index (χ2v) is 4.98. The molecule has 0 saturated carbocycles. The number of benzene rings is 2. The van der Waals surface area contributed by atoms with E-state index in [4.69, 9.17) is 4.74 Å². The van der Waals surface area contributed by atoms with Gasteiger partial charge in [0.1, 0.15) is 11.6 Å². The molecule has 0 saturated heterocycles. The zero-order valence-electron chi connectivity index (χ0n) is 11.9. The SMILES string of the molecule is CN(C)C(CCOc1ccc(F)cc1)c1ccccc1. The van der Waals surface area contributed by atoms with Gasteiger partial charge in [-0.15, -0.1) is 0 Å². The van der Waals surface area contributed by atoms with Crippen LogP contribution in [-0.2, 0) is 0 Å². The summed E-state index contributed by atoms with van der Waals surface area (Å²) in [6.07, 6.45) is 0.883. The summed E-state index contributed by atoms with van der Waals surface area (Å²) in [6, 6.07) is 16.8. The Morgan fingerprint density at radius 2 is 1.65 bits per heavy atom. The number of rotatable bonds is 6. The highest BCUT2D eigenvalue weighted by Gasteiger charge is 2.13. The van der Waals surface area contributed by atoms with Gasteiger partial charge in [-0.3, -0.25) is 0 Å². The lowest BCUT2D eigenvalue weighted by atomic mass is 10.0. The molecular weight excluding hydrogens is 253 g/mol. The van der Waals surface area contributed by atoms with E-state index < -0.39 is 0 Å². The molecule has 0 aliphatic rings. The summed E-state index contributed by atoms with van der Waals surface area (Å²) < 4.78 is 18.5. The van der Waals surface area contributed by atoms with Crippen LogP contribution in [-0.4, -0.2) is 25.6 Å². The number of hydrogen-bond donors (Lipinski definition) is 0. The largest absolute Gasteiger partial charge is 0.494 e. The van der Waals surface area contributed by atoms with Gasteiger partial charge < -0.3 is 9.64 Å². The van der Waals surface area contributed by atoms with Gasteiger partial charge in [0.05, 0.1) is 6.61 Å². The Morgan fingerprint density at radius 1 is 1.00 bits per heavy atom. The van der Waals surface area contributed by atoms with Crippen LogP contribution in [0, 0.1) is 5.82 Å². The maximum Gasteiger partial charge on any atom is 0.123 e. The molecule has 20 heavy (non-hydrogen) atoms. The third-order valence-electron chi connectivity index (χ3n) is 3.28. The van der Waals surface area contributed by atoms with Gasteiger partial charge in [-0.05, 0) is 43.9 Å². The van der Waals surface area contributed by atoms with Crippen molar-refractivity contribution in [3.8, 4) is 5.75 Å². The van der Waals surface area contributed by atoms with E-state index in [9.17, 15) is 4.39 Å². The quantitative estimate of drug-likeness (QED) is 0.791. The molecule has 1 unspecified atom stereocenters. The molecule has 0 fully saturated rings. The minimum absolute atomic E-state index is 0.243. The highest BCUT2D eigenvalue weighted by atomic mass is 19.1. The Morgan fingerprint density at radius 3 is 2.25 bits per heavy atom. The number of hydrogen-bond acceptors (Lipinski definition) is 2. The Labute approximate surface area is 119 Å². The van der Waals surface area contributed by atoms with Gasteiger partial charge in [0, 0.05) is 12.5 Å². The first-order valence-corrected chi connectivity index (χ1v) is 6.76. The molecular formula is C17H20FNO. The molecule has 0 aliphatic heterocycles. The Bertz CT molecular complexity index is 510. The molecule has 2 rings (SSSR count). The molecule has 0 heterocycles. The van der Waals surface area contributed by atoms with E-state index in [-0.39, 0.29) is 5.82 Å². The highest BCUT2D eigenvalue weighted by molar-refractivity contribution is 5.22. The Hall–Kier alpha value is -1.87. The molecule has 0 spiro atoms. The maximum atomic E-state index is 12.8. The molecule has 2 nitrogen and oxygen atoms in total. The summed E-state index contributed by atoms with van der Waals surface area (Å²) in [5.74, 6) is 0.463.